The van der Waals surface area contributed by atoms with E-state index in [0.29, 0.717) is 10.7 Å². The topological polar surface area (TPSA) is 89.8 Å². The highest BCUT2D eigenvalue weighted by Gasteiger charge is 2.33. The van der Waals surface area contributed by atoms with Crippen molar-refractivity contribution in [1.82, 2.24) is 4.90 Å². The number of nitro groups is 1. The molecule has 0 spiro atoms. The minimum atomic E-state index is -0.449. The smallest absolute Gasteiger partial charge is 0.293 e. The van der Waals surface area contributed by atoms with Crippen LogP contribution in [0.2, 0.25) is 0 Å². The first-order valence-electron chi connectivity index (χ1n) is 8.30. The van der Waals surface area contributed by atoms with E-state index in [9.17, 15) is 19.7 Å². The van der Waals surface area contributed by atoms with Gasteiger partial charge in [-0.25, -0.2) is 0 Å². The van der Waals surface area contributed by atoms with Crippen molar-refractivity contribution in [2.45, 2.75) is 6.61 Å². The molecule has 0 atom stereocenters. The average Bonchev–Trinajstić information content (AvgIpc) is 2.95. The third kappa shape index (κ3) is 4.47. The molecular weight excluding hydrogens is 380 g/mol. The number of nitro benzene ring substituents is 1. The van der Waals surface area contributed by atoms with Gasteiger partial charge in [0.15, 0.2) is 0 Å². The van der Waals surface area contributed by atoms with Gasteiger partial charge in [-0.05, 0) is 53.2 Å². The van der Waals surface area contributed by atoms with Crippen molar-refractivity contribution in [2.24, 2.45) is 0 Å². The number of thioether (sulfide) groups is 1. The lowest BCUT2D eigenvalue weighted by molar-refractivity contribution is -0.384. The number of hydrogen-bond acceptors (Lipinski definition) is 6. The lowest BCUT2D eigenvalue weighted by Crippen LogP contribution is -2.27. The fraction of sp³-hybridized carbons (Fsp3) is 0.100. The Morgan fingerprint density at radius 2 is 1.79 bits per heavy atom. The van der Waals surface area contributed by atoms with Gasteiger partial charge in [-0.1, -0.05) is 18.2 Å². The molecular formula is C20H16N2O5S. The van der Waals surface area contributed by atoms with Gasteiger partial charge in [0.05, 0.1) is 9.83 Å². The zero-order valence-corrected chi connectivity index (χ0v) is 15.6. The van der Waals surface area contributed by atoms with Gasteiger partial charge in [-0.3, -0.25) is 24.6 Å². The predicted octanol–water partition coefficient (Wildman–Crippen LogP) is 4.40. The van der Waals surface area contributed by atoms with Crippen LogP contribution in [0.1, 0.15) is 11.1 Å². The summed E-state index contributed by atoms with van der Waals surface area (Å²) in [4.78, 5) is 35.8. The summed E-state index contributed by atoms with van der Waals surface area (Å²) in [5, 5.41) is 10.4. The lowest BCUT2D eigenvalue weighted by Gasteiger charge is -2.08. The van der Waals surface area contributed by atoms with Crippen LogP contribution in [-0.2, 0) is 11.4 Å². The summed E-state index contributed by atoms with van der Waals surface area (Å²) in [6.45, 7) is 4.01. The Morgan fingerprint density at radius 3 is 2.39 bits per heavy atom. The van der Waals surface area contributed by atoms with Gasteiger partial charge in [0, 0.05) is 18.7 Å². The fourth-order valence-electron chi connectivity index (χ4n) is 2.48. The van der Waals surface area contributed by atoms with Crippen LogP contribution in [0.3, 0.4) is 0 Å². The van der Waals surface area contributed by atoms with Crippen LogP contribution in [0.25, 0.3) is 6.08 Å². The van der Waals surface area contributed by atoms with E-state index < -0.39 is 4.92 Å². The predicted molar refractivity (Wildman–Crippen MR) is 107 cm³/mol. The molecule has 2 aromatic carbocycles. The molecule has 3 rings (SSSR count). The van der Waals surface area contributed by atoms with E-state index in [1.54, 1.807) is 42.5 Å². The van der Waals surface area contributed by atoms with Crippen LogP contribution in [0.5, 0.6) is 5.75 Å². The Hall–Kier alpha value is -3.39. The third-order valence-corrected chi connectivity index (χ3v) is 4.82. The molecule has 0 radical (unpaired) electrons. The second-order valence-electron chi connectivity index (χ2n) is 5.86. The number of imide groups is 1. The van der Waals surface area contributed by atoms with Gasteiger partial charge in [0.2, 0.25) is 0 Å². The van der Waals surface area contributed by atoms with E-state index in [0.717, 1.165) is 27.8 Å². The number of rotatable bonds is 7. The second kappa shape index (κ2) is 8.53. The largest absolute Gasteiger partial charge is 0.489 e. The van der Waals surface area contributed by atoms with Crippen molar-refractivity contribution < 1.29 is 19.2 Å². The Labute approximate surface area is 165 Å². The minimum Gasteiger partial charge on any atom is -0.489 e. The van der Waals surface area contributed by atoms with Gasteiger partial charge < -0.3 is 4.74 Å². The van der Waals surface area contributed by atoms with E-state index in [-0.39, 0.29) is 30.0 Å². The van der Waals surface area contributed by atoms with Gasteiger partial charge in [-0.15, -0.1) is 6.58 Å². The number of hydrogen-bond donors (Lipinski definition) is 0. The molecule has 0 unspecified atom stereocenters. The van der Waals surface area contributed by atoms with Crippen molar-refractivity contribution in [3.05, 3.63) is 87.3 Å². The van der Waals surface area contributed by atoms with Crippen LogP contribution >= 0.6 is 11.8 Å². The molecule has 0 N–H and O–H groups in total. The molecule has 1 aliphatic heterocycles. The highest BCUT2D eigenvalue weighted by Crippen LogP contribution is 2.32. The van der Waals surface area contributed by atoms with Gasteiger partial charge in [-0.2, -0.15) is 0 Å². The molecule has 1 saturated heterocycles. The molecule has 7 nitrogen and oxygen atoms in total. The van der Waals surface area contributed by atoms with Gasteiger partial charge >= 0.3 is 0 Å². The van der Waals surface area contributed by atoms with E-state index in [4.69, 9.17) is 4.74 Å². The summed E-state index contributed by atoms with van der Waals surface area (Å²) in [6, 6.07) is 13.2. The van der Waals surface area contributed by atoms with Crippen molar-refractivity contribution in [2.75, 3.05) is 6.54 Å². The molecule has 1 heterocycles. The molecule has 0 bridgehead atoms. The second-order valence-corrected chi connectivity index (χ2v) is 6.86. The maximum Gasteiger partial charge on any atom is 0.293 e. The van der Waals surface area contributed by atoms with Crippen molar-refractivity contribution in [3.8, 4) is 5.75 Å². The van der Waals surface area contributed by atoms with Crippen molar-refractivity contribution in [3.63, 3.8) is 0 Å². The zero-order valence-electron chi connectivity index (χ0n) is 14.7. The first-order valence-corrected chi connectivity index (χ1v) is 9.12. The molecule has 1 aliphatic rings. The van der Waals surface area contributed by atoms with Gasteiger partial charge in [0.1, 0.15) is 12.4 Å². The monoisotopic (exact) mass is 396 g/mol. The Kier molecular flexibility index (Phi) is 5.90. The van der Waals surface area contributed by atoms with Gasteiger partial charge in [0.25, 0.3) is 16.8 Å². The first kappa shape index (κ1) is 19.4. The van der Waals surface area contributed by atoms with E-state index in [1.165, 1.54) is 18.2 Å². The molecule has 8 heteroatoms. The highest BCUT2D eigenvalue weighted by molar-refractivity contribution is 8.18. The van der Waals surface area contributed by atoms with Crippen LogP contribution in [0.4, 0.5) is 10.5 Å². The summed E-state index contributed by atoms with van der Waals surface area (Å²) in [5.74, 6) is 0.295. The highest BCUT2D eigenvalue weighted by atomic mass is 32.2. The quantitative estimate of drug-likeness (QED) is 0.298. The number of nitrogens with zero attached hydrogens (tertiary/aromatic N) is 2. The summed E-state index contributed by atoms with van der Waals surface area (Å²) in [6.07, 6.45) is 3.17. The Morgan fingerprint density at radius 1 is 1.11 bits per heavy atom. The van der Waals surface area contributed by atoms with Crippen LogP contribution < -0.4 is 4.74 Å². The summed E-state index contributed by atoms with van der Waals surface area (Å²) in [7, 11) is 0. The molecule has 1 fully saturated rings. The molecule has 28 heavy (non-hydrogen) atoms. The number of non-ortho nitro benzene ring substituents is 1. The maximum atomic E-state index is 12.2. The fourth-order valence-corrected chi connectivity index (χ4v) is 3.33. The number of ether oxygens (including phenoxy) is 1. The Bertz CT molecular complexity index is 952. The number of carbonyl (C=O) groups is 2. The minimum absolute atomic E-state index is 0.0330. The summed E-state index contributed by atoms with van der Waals surface area (Å²) in [5.41, 5.74) is 1.61. The summed E-state index contributed by atoms with van der Waals surface area (Å²) >= 11 is 0.903. The molecule has 2 aromatic rings. The summed E-state index contributed by atoms with van der Waals surface area (Å²) < 4.78 is 5.67. The third-order valence-electron chi connectivity index (χ3n) is 3.92. The first-order chi connectivity index (χ1) is 13.5. The molecule has 142 valence electrons. The number of carbonyl (C=O) groups excluding carboxylic acids is 2. The van der Waals surface area contributed by atoms with E-state index in [2.05, 4.69) is 6.58 Å². The average molecular weight is 396 g/mol. The van der Waals surface area contributed by atoms with Crippen LogP contribution in [0.15, 0.2) is 66.1 Å². The zero-order chi connectivity index (χ0) is 20.1. The SMILES string of the molecule is C=CCN1C(=O)S/C(=C/c2ccc(OCc3ccc([N+](=O)[O-])cc3)cc2)C1=O. The van der Waals surface area contributed by atoms with Crippen LogP contribution in [0, 0.1) is 10.1 Å². The lowest BCUT2D eigenvalue weighted by atomic mass is 10.2. The normalized spacial score (nSPS) is 15.1. The molecule has 2 amide bonds. The van der Waals surface area contributed by atoms with Crippen LogP contribution in [-0.4, -0.2) is 27.5 Å². The standard InChI is InChI=1S/C20H16N2O5S/c1-2-11-21-19(23)18(28-20(21)24)12-14-5-9-17(10-6-14)27-13-15-3-7-16(8-4-15)22(25)26/h2-10,12H,1,11,13H2/b18-12+. The van der Waals surface area contributed by atoms with E-state index >= 15 is 0 Å². The van der Waals surface area contributed by atoms with E-state index in [1.807, 2.05) is 0 Å². The maximum absolute atomic E-state index is 12.2. The van der Waals surface area contributed by atoms with Crippen molar-refractivity contribution >= 4 is 34.7 Å². The van der Waals surface area contributed by atoms with Crippen molar-refractivity contribution in [1.29, 1.82) is 0 Å². The Balaban J connectivity index is 1.62. The number of amides is 2. The number of benzene rings is 2. The molecule has 0 aromatic heterocycles. The molecule has 0 aliphatic carbocycles. The molecule has 0 saturated carbocycles.